The molecule has 0 fully saturated rings. The monoisotopic (exact) mass is 322 g/mol. The van der Waals surface area contributed by atoms with Gasteiger partial charge in [-0.2, -0.15) is 0 Å². The SMILES string of the molecule is CCC(C)Oc1c(O)c2ccc(OCCCCO)cc2oc1=O. The lowest BCUT2D eigenvalue weighted by molar-refractivity contribution is 0.200. The van der Waals surface area contributed by atoms with Crippen molar-refractivity contribution in [1.29, 1.82) is 0 Å². The third kappa shape index (κ3) is 4.16. The van der Waals surface area contributed by atoms with Gasteiger partial charge in [0.25, 0.3) is 0 Å². The molecule has 0 radical (unpaired) electrons. The standard InChI is InChI=1S/C17H22O6/c1-3-11(2)22-16-15(19)13-7-6-12(21-9-5-4-8-18)10-14(13)23-17(16)20/h6-7,10-11,18-19H,3-5,8-9H2,1-2H3. The molecule has 23 heavy (non-hydrogen) atoms. The molecule has 1 atom stereocenters. The van der Waals surface area contributed by atoms with E-state index in [4.69, 9.17) is 19.0 Å². The van der Waals surface area contributed by atoms with Crippen LogP contribution in [0.25, 0.3) is 11.0 Å². The summed E-state index contributed by atoms with van der Waals surface area (Å²) in [5.41, 5.74) is -0.476. The highest BCUT2D eigenvalue weighted by Gasteiger charge is 2.17. The molecule has 1 aromatic heterocycles. The van der Waals surface area contributed by atoms with E-state index in [1.807, 2.05) is 13.8 Å². The third-order valence-corrected chi connectivity index (χ3v) is 3.53. The highest BCUT2D eigenvalue weighted by Crippen LogP contribution is 2.33. The molecule has 0 spiro atoms. The summed E-state index contributed by atoms with van der Waals surface area (Å²) >= 11 is 0. The van der Waals surface area contributed by atoms with E-state index in [1.54, 1.807) is 18.2 Å². The summed E-state index contributed by atoms with van der Waals surface area (Å²) in [5, 5.41) is 19.4. The van der Waals surface area contributed by atoms with Crippen LogP contribution in [0.1, 0.15) is 33.1 Å². The van der Waals surface area contributed by atoms with Crippen molar-refractivity contribution in [3.05, 3.63) is 28.6 Å². The Bertz CT molecular complexity index is 706. The molecule has 6 nitrogen and oxygen atoms in total. The lowest BCUT2D eigenvalue weighted by Crippen LogP contribution is -2.15. The molecule has 2 N–H and O–H groups in total. The van der Waals surface area contributed by atoms with Crippen LogP contribution in [-0.2, 0) is 0 Å². The zero-order chi connectivity index (χ0) is 16.8. The van der Waals surface area contributed by atoms with Crippen LogP contribution in [0.2, 0.25) is 0 Å². The molecule has 0 bridgehead atoms. The van der Waals surface area contributed by atoms with Crippen LogP contribution in [0.4, 0.5) is 0 Å². The molecular weight excluding hydrogens is 300 g/mol. The number of unbranched alkanes of at least 4 members (excludes halogenated alkanes) is 1. The minimum Gasteiger partial charge on any atom is -0.504 e. The van der Waals surface area contributed by atoms with Gasteiger partial charge in [-0.3, -0.25) is 0 Å². The van der Waals surface area contributed by atoms with Crippen molar-refractivity contribution in [2.24, 2.45) is 0 Å². The van der Waals surface area contributed by atoms with E-state index in [-0.39, 0.29) is 29.8 Å². The smallest absolute Gasteiger partial charge is 0.383 e. The van der Waals surface area contributed by atoms with Crippen molar-refractivity contribution in [1.82, 2.24) is 0 Å². The predicted molar refractivity (Wildman–Crippen MR) is 86.3 cm³/mol. The molecule has 1 unspecified atom stereocenters. The number of aliphatic hydroxyl groups excluding tert-OH is 1. The molecule has 6 heteroatoms. The number of hydrogen-bond donors (Lipinski definition) is 2. The van der Waals surface area contributed by atoms with E-state index in [0.717, 1.165) is 6.42 Å². The molecule has 0 saturated carbocycles. The summed E-state index contributed by atoms with van der Waals surface area (Å²) in [7, 11) is 0. The zero-order valence-corrected chi connectivity index (χ0v) is 13.4. The maximum absolute atomic E-state index is 12.0. The van der Waals surface area contributed by atoms with Crippen LogP contribution in [0.5, 0.6) is 17.2 Å². The van der Waals surface area contributed by atoms with Gasteiger partial charge in [0.15, 0.2) is 5.75 Å². The van der Waals surface area contributed by atoms with Gasteiger partial charge in [0.05, 0.1) is 18.1 Å². The normalized spacial score (nSPS) is 12.3. The second kappa shape index (κ2) is 7.87. The van der Waals surface area contributed by atoms with Crippen molar-refractivity contribution < 1.29 is 24.1 Å². The average Bonchev–Trinajstić information content (AvgIpc) is 2.55. The maximum Gasteiger partial charge on any atom is 0.383 e. The molecule has 0 aliphatic rings. The number of hydrogen-bond acceptors (Lipinski definition) is 6. The van der Waals surface area contributed by atoms with Gasteiger partial charge >= 0.3 is 5.63 Å². The molecule has 0 aliphatic heterocycles. The first kappa shape index (κ1) is 17.1. The molecule has 0 saturated heterocycles. The number of aliphatic hydroxyl groups is 1. The second-order valence-electron chi connectivity index (χ2n) is 5.34. The van der Waals surface area contributed by atoms with Gasteiger partial charge in [-0.05, 0) is 38.3 Å². The van der Waals surface area contributed by atoms with E-state index < -0.39 is 5.63 Å². The lowest BCUT2D eigenvalue weighted by atomic mass is 10.2. The fourth-order valence-corrected chi connectivity index (χ4v) is 2.03. The topological polar surface area (TPSA) is 89.1 Å². The Hall–Kier alpha value is -2.21. The van der Waals surface area contributed by atoms with E-state index in [0.29, 0.717) is 30.6 Å². The summed E-state index contributed by atoms with van der Waals surface area (Å²) in [6.07, 6.45) is 1.90. The largest absolute Gasteiger partial charge is 0.504 e. The Morgan fingerprint density at radius 3 is 2.78 bits per heavy atom. The summed E-state index contributed by atoms with van der Waals surface area (Å²) in [5.74, 6) is 0.153. The molecule has 0 amide bonds. The van der Waals surface area contributed by atoms with Crippen molar-refractivity contribution >= 4 is 11.0 Å². The quantitative estimate of drug-likeness (QED) is 0.574. The van der Waals surface area contributed by atoms with Gasteiger partial charge < -0.3 is 24.1 Å². The molecule has 0 aliphatic carbocycles. The first-order valence-corrected chi connectivity index (χ1v) is 7.77. The number of ether oxygens (including phenoxy) is 2. The minimum absolute atomic E-state index is 0.128. The summed E-state index contributed by atoms with van der Waals surface area (Å²) < 4.78 is 16.2. The summed E-state index contributed by atoms with van der Waals surface area (Å²) in [4.78, 5) is 12.0. The van der Waals surface area contributed by atoms with Crippen LogP contribution < -0.4 is 15.1 Å². The average molecular weight is 322 g/mol. The van der Waals surface area contributed by atoms with E-state index >= 15 is 0 Å². The highest BCUT2D eigenvalue weighted by molar-refractivity contribution is 5.86. The Labute approximate surface area is 134 Å². The third-order valence-electron chi connectivity index (χ3n) is 3.53. The fraction of sp³-hybridized carbons (Fsp3) is 0.471. The van der Waals surface area contributed by atoms with Crippen molar-refractivity contribution in [3.63, 3.8) is 0 Å². The number of rotatable bonds is 8. The fourth-order valence-electron chi connectivity index (χ4n) is 2.03. The highest BCUT2D eigenvalue weighted by atomic mass is 16.5. The Morgan fingerprint density at radius 1 is 1.30 bits per heavy atom. The van der Waals surface area contributed by atoms with Gasteiger partial charge in [0.2, 0.25) is 5.75 Å². The maximum atomic E-state index is 12.0. The minimum atomic E-state index is -0.715. The number of fused-ring (bicyclic) bond motifs is 1. The van der Waals surface area contributed by atoms with Crippen LogP contribution in [0, 0.1) is 0 Å². The first-order chi connectivity index (χ1) is 11.1. The molecular formula is C17H22O6. The van der Waals surface area contributed by atoms with Crippen molar-refractivity contribution in [2.45, 2.75) is 39.2 Å². The number of benzene rings is 1. The Morgan fingerprint density at radius 2 is 2.09 bits per heavy atom. The molecule has 2 aromatic rings. The van der Waals surface area contributed by atoms with E-state index in [9.17, 15) is 9.90 Å². The van der Waals surface area contributed by atoms with Crippen molar-refractivity contribution in [2.75, 3.05) is 13.2 Å². The van der Waals surface area contributed by atoms with Gasteiger partial charge in [-0.25, -0.2) is 4.79 Å². The lowest BCUT2D eigenvalue weighted by Gasteiger charge is -2.13. The second-order valence-corrected chi connectivity index (χ2v) is 5.34. The Balaban J connectivity index is 2.27. The Kier molecular flexibility index (Phi) is 5.87. The van der Waals surface area contributed by atoms with Gasteiger partial charge in [0.1, 0.15) is 11.3 Å². The molecule has 126 valence electrons. The van der Waals surface area contributed by atoms with Crippen LogP contribution >= 0.6 is 0 Å². The van der Waals surface area contributed by atoms with Gasteiger partial charge in [0, 0.05) is 12.7 Å². The zero-order valence-electron chi connectivity index (χ0n) is 13.4. The summed E-state index contributed by atoms with van der Waals surface area (Å²) in [6.45, 7) is 4.32. The van der Waals surface area contributed by atoms with Gasteiger partial charge in [-0.15, -0.1) is 0 Å². The van der Waals surface area contributed by atoms with Crippen LogP contribution in [-0.4, -0.2) is 29.5 Å². The molecule has 2 rings (SSSR count). The molecule has 1 aromatic carbocycles. The van der Waals surface area contributed by atoms with Crippen LogP contribution in [0.3, 0.4) is 0 Å². The van der Waals surface area contributed by atoms with E-state index in [1.165, 1.54) is 0 Å². The summed E-state index contributed by atoms with van der Waals surface area (Å²) in [6, 6.07) is 4.87. The number of aromatic hydroxyl groups is 1. The van der Waals surface area contributed by atoms with Crippen LogP contribution in [0.15, 0.2) is 27.4 Å². The van der Waals surface area contributed by atoms with E-state index in [2.05, 4.69) is 0 Å². The predicted octanol–water partition coefficient (Wildman–Crippen LogP) is 2.83. The van der Waals surface area contributed by atoms with Gasteiger partial charge in [-0.1, -0.05) is 6.92 Å². The first-order valence-electron chi connectivity index (χ1n) is 7.77. The van der Waals surface area contributed by atoms with Crippen molar-refractivity contribution in [3.8, 4) is 17.2 Å². The molecule has 1 heterocycles.